The molecule has 0 atom stereocenters. The van der Waals surface area contributed by atoms with Crippen LogP contribution in [0.25, 0.3) is 0 Å². The lowest BCUT2D eigenvalue weighted by Crippen LogP contribution is -1.98. The maximum atomic E-state index is 11.9. The fourth-order valence-corrected chi connectivity index (χ4v) is 5.86. The zero-order valence-electron chi connectivity index (χ0n) is 8.95. The molecular weight excluding hydrogens is 206 g/mol. The summed E-state index contributed by atoms with van der Waals surface area (Å²) in [5.41, 5.74) is 0. The van der Waals surface area contributed by atoms with E-state index in [-0.39, 0.29) is 0 Å². The fourth-order valence-electron chi connectivity index (χ4n) is 0.949. The van der Waals surface area contributed by atoms with Crippen molar-refractivity contribution < 1.29 is 13.4 Å². The second-order valence-corrected chi connectivity index (χ2v) is 9.42. The van der Waals surface area contributed by atoms with E-state index < -0.39 is 14.7 Å². The van der Waals surface area contributed by atoms with Gasteiger partial charge in [-0.3, -0.25) is 13.4 Å². The monoisotopic (exact) mass is 226 g/mol. The lowest BCUT2D eigenvalue weighted by molar-refractivity contribution is 0.459. The molecule has 0 saturated heterocycles. The van der Waals surface area contributed by atoms with Gasteiger partial charge in [-0.2, -0.15) is 0 Å². The van der Waals surface area contributed by atoms with E-state index in [2.05, 4.69) is 0 Å². The molecule has 0 radical (unpaired) electrons. The quantitative estimate of drug-likeness (QED) is 0.649. The van der Waals surface area contributed by atoms with Crippen LogP contribution < -0.4 is 0 Å². The van der Waals surface area contributed by atoms with Crippen LogP contribution in [-0.2, 0) is 13.4 Å². The largest absolute Gasteiger partial charge is 0.293 e. The minimum Gasteiger partial charge on any atom is -0.293 e. The predicted octanol–water partition coefficient (Wildman–Crippen LogP) is 3.64. The van der Waals surface area contributed by atoms with Crippen molar-refractivity contribution in [3.63, 3.8) is 0 Å². The van der Waals surface area contributed by atoms with Crippen molar-refractivity contribution in [1.29, 1.82) is 0 Å². The Bertz CT molecular complexity index is 198. The maximum absolute atomic E-state index is 11.9. The molecule has 5 heteroatoms. The summed E-state index contributed by atoms with van der Waals surface area (Å²) >= 11 is 0. The van der Waals surface area contributed by atoms with Crippen LogP contribution in [0.3, 0.4) is 0 Å². The van der Waals surface area contributed by atoms with Gasteiger partial charge in [0.15, 0.2) is 0 Å². The van der Waals surface area contributed by atoms with E-state index in [0.717, 1.165) is 0 Å². The summed E-state index contributed by atoms with van der Waals surface area (Å²) in [4.78, 5) is 0. The van der Waals surface area contributed by atoms with E-state index >= 15 is 0 Å². The van der Waals surface area contributed by atoms with Gasteiger partial charge in [0.25, 0.3) is 0 Å². The highest BCUT2D eigenvalue weighted by Crippen LogP contribution is 2.62. The van der Waals surface area contributed by atoms with E-state index in [1.165, 1.54) is 0 Å². The van der Waals surface area contributed by atoms with Crippen molar-refractivity contribution in [2.75, 3.05) is 24.6 Å². The Balaban J connectivity index is 4.57. The molecule has 0 unspecified atom stereocenters. The molecule has 0 heterocycles. The topological polar surface area (TPSA) is 43.4 Å². The average Bonchev–Trinajstić information content (AvgIpc) is 2.17. The van der Waals surface area contributed by atoms with E-state index in [1.807, 2.05) is 27.7 Å². The van der Waals surface area contributed by atoms with Gasteiger partial charge < -0.3 is 0 Å². The second-order valence-electron chi connectivity index (χ2n) is 2.98. The molecule has 3 nitrogen and oxygen atoms in total. The molecule has 0 aromatic rings. The zero-order chi connectivity index (χ0) is 10.5. The van der Waals surface area contributed by atoms with Crippen molar-refractivity contribution in [3.05, 3.63) is 0 Å². The van der Waals surface area contributed by atoms with Crippen LogP contribution in [0.4, 0.5) is 0 Å². The number of rotatable bonds is 6. The second kappa shape index (κ2) is 5.34. The number of hydrogen-bond acceptors (Lipinski definition) is 3. The highest BCUT2D eigenvalue weighted by atomic mass is 31.2. The summed E-state index contributed by atoms with van der Waals surface area (Å²) < 4.78 is 29.1. The predicted molar refractivity (Wildman–Crippen MR) is 58.5 cm³/mol. The van der Waals surface area contributed by atoms with Crippen LogP contribution in [-0.4, -0.2) is 24.6 Å². The summed E-state index contributed by atoms with van der Waals surface area (Å²) in [6.07, 6.45) is 1.92. The first kappa shape index (κ1) is 13.4. The van der Waals surface area contributed by atoms with E-state index in [1.54, 1.807) is 0 Å². The summed E-state index contributed by atoms with van der Waals surface area (Å²) in [6, 6.07) is 0. The van der Waals surface area contributed by atoms with Gasteiger partial charge >= 0.3 is 0 Å². The van der Waals surface area contributed by atoms with Gasteiger partial charge in [-0.1, -0.05) is 27.7 Å². The first-order chi connectivity index (χ1) is 5.95. The van der Waals surface area contributed by atoms with Crippen molar-refractivity contribution in [2.45, 2.75) is 27.7 Å². The molecule has 0 fully saturated rings. The molecule has 0 aliphatic heterocycles. The molecule has 80 valence electrons. The Labute approximate surface area is 81.2 Å². The molecule has 13 heavy (non-hydrogen) atoms. The van der Waals surface area contributed by atoms with E-state index in [9.17, 15) is 9.13 Å². The van der Waals surface area contributed by atoms with Crippen LogP contribution in [0.15, 0.2) is 0 Å². The van der Waals surface area contributed by atoms with Gasteiger partial charge in [0.1, 0.15) is 0 Å². The van der Waals surface area contributed by atoms with E-state index in [4.69, 9.17) is 4.31 Å². The minimum atomic E-state index is -2.60. The standard InChI is InChI=1S/C8H20O3P2/c1-5-12(9,6-2)11-13(10,7-3)8-4/h5-8H2,1-4H3. The Morgan fingerprint density at radius 1 is 0.769 bits per heavy atom. The molecule has 0 rings (SSSR count). The number of hydrogen-bond donors (Lipinski definition) is 0. The third kappa shape index (κ3) is 3.97. The molecule has 0 amide bonds. The highest BCUT2D eigenvalue weighted by molar-refractivity contribution is 7.72. The Hall–Kier alpha value is 0.420. The maximum Gasteiger partial charge on any atom is 0.208 e. The molecule has 0 spiro atoms. The first-order valence-corrected chi connectivity index (χ1v) is 8.81. The van der Waals surface area contributed by atoms with E-state index in [0.29, 0.717) is 24.6 Å². The van der Waals surface area contributed by atoms with Crippen molar-refractivity contribution in [2.24, 2.45) is 0 Å². The van der Waals surface area contributed by atoms with Crippen LogP contribution in [0.2, 0.25) is 0 Å². The van der Waals surface area contributed by atoms with Gasteiger partial charge in [-0.25, -0.2) is 0 Å². The molecule has 0 aliphatic carbocycles. The van der Waals surface area contributed by atoms with Crippen molar-refractivity contribution >= 4 is 14.7 Å². The van der Waals surface area contributed by atoms with Gasteiger partial charge in [0.05, 0.1) is 0 Å². The summed E-state index contributed by atoms with van der Waals surface area (Å²) in [5.74, 6) is 0. The van der Waals surface area contributed by atoms with Crippen molar-refractivity contribution in [3.8, 4) is 0 Å². The highest BCUT2D eigenvalue weighted by Gasteiger charge is 2.29. The lowest BCUT2D eigenvalue weighted by Gasteiger charge is -2.21. The van der Waals surface area contributed by atoms with Crippen LogP contribution in [0.5, 0.6) is 0 Å². The Kier molecular flexibility index (Phi) is 5.51. The molecule has 0 bridgehead atoms. The normalized spacial score (nSPS) is 13.2. The smallest absolute Gasteiger partial charge is 0.208 e. The first-order valence-electron chi connectivity index (χ1n) is 4.82. The molecule has 0 aromatic carbocycles. The van der Waals surface area contributed by atoms with Gasteiger partial charge in [-0.05, 0) is 0 Å². The Morgan fingerprint density at radius 3 is 1.15 bits per heavy atom. The van der Waals surface area contributed by atoms with Gasteiger partial charge in [0.2, 0.25) is 14.7 Å². The van der Waals surface area contributed by atoms with Crippen molar-refractivity contribution in [1.82, 2.24) is 0 Å². The Morgan fingerprint density at radius 2 is 1.00 bits per heavy atom. The molecule has 0 N–H and O–H groups in total. The fraction of sp³-hybridized carbons (Fsp3) is 1.00. The third-order valence-electron chi connectivity index (χ3n) is 2.22. The summed E-state index contributed by atoms with van der Waals surface area (Å²) in [6.45, 7) is 7.28. The summed E-state index contributed by atoms with van der Waals surface area (Å²) in [5, 5.41) is 0. The summed E-state index contributed by atoms with van der Waals surface area (Å²) in [7, 11) is -5.20. The molecular formula is C8H20O3P2. The lowest BCUT2D eigenvalue weighted by atomic mass is 11.0. The van der Waals surface area contributed by atoms with Crippen LogP contribution >= 0.6 is 14.7 Å². The van der Waals surface area contributed by atoms with Gasteiger partial charge in [-0.15, -0.1) is 0 Å². The molecule has 0 aromatic heterocycles. The zero-order valence-corrected chi connectivity index (χ0v) is 10.7. The molecule has 0 saturated carbocycles. The van der Waals surface area contributed by atoms with Crippen LogP contribution in [0.1, 0.15) is 27.7 Å². The SMILES string of the molecule is CCP(=O)(CC)OP(=O)(CC)CC. The minimum absolute atomic E-state index is 0.480. The van der Waals surface area contributed by atoms with Gasteiger partial charge in [0, 0.05) is 24.6 Å². The third-order valence-corrected chi connectivity index (χ3v) is 8.46. The van der Waals surface area contributed by atoms with Crippen LogP contribution in [0, 0.1) is 0 Å². The molecule has 0 aliphatic rings. The average molecular weight is 226 g/mol.